The molecule has 2 aliphatic rings. The molecular weight excluding hydrogens is 365 g/mol. The number of amides is 1. The second-order valence-electron chi connectivity index (χ2n) is 5.66. The molecule has 1 atom stereocenters. The van der Waals surface area contributed by atoms with E-state index >= 15 is 0 Å². The van der Waals surface area contributed by atoms with Gasteiger partial charge in [0.15, 0.2) is 9.84 Å². The van der Waals surface area contributed by atoms with Gasteiger partial charge in [0, 0.05) is 45.9 Å². The van der Waals surface area contributed by atoms with Gasteiger partial charge in [-0.05, 0) is 6.42 Å². The third-order valence-electron chi connectivity index (χ3n) is 4.07. The summed E-state index contributed by atoms with van der Waals surface area (Å²) in [6, 6.07) is -0.194. The number of sulfone groups is 1. The minimum atomic E-state index is -2.99. The zero-order valence-electron chi connectivity index (χ0n) is 13.4. The van der Waals surface area contributed by atoms with E-state index in [4.69, 9.17) is 4.74 Å². The van der Waals surface area contributed by atoms with Crippen LogP contribution in [0.3, 0.4) is 0 Å². The van der Waals surface area contributed by atoms with Crippen LogP contribution in [0.4, 0.5) is 0 Å². The summed E-state index contributed by atoms with van der Waals surface area (Å²) in [5.41, 5.74) is 0. The maximum atomic E-state index is 12.5. The van der Waals surface area contributed by atoms with Crippen LogP contribution >= 0.6 is 24.8 Å². The molecule has 138 valence electrons. The van der Waals surface area contributed by atoms with Crippen molar-refractivity contribution in [3.8, 4) is 0 Å². The average Bonchev–Trinajstić information content (AvgIpc) is 2.80. The fraction of sp³-hybridized carbons (Fsp3) is 0.923. The topological polar surface area (TPSA) is 79.0 Å². The van der Waals surface area contributed by atoms with Gasteiger partial charge in [0.05, 0.1) is 24.7 Å². The van der Waals surface area contributed by atoms with Gasteiger partial charge in [-0.25, -0.2) is 8.42 Å². The van der Waals surface area contributed by atoms with Gasteiger partial charge in [-0.15, -0.1) is 24.8 Å². The average molecular weight is 392 g/mol. The van der Waals surface area contributed by atoms with E-state index < -0.39 is 9.84 Å². The van der Waals surface area contributed by atoms with E-state index in [2.05, 4.69) is 10.2 Å². The van der Waals surface area contributed by atoms with Gasteiger partial charge in [-0.3, -0.25) is 9.69 Å². The Kier molecular flexibility index (Phi) is 10.6. The highest BCUT2D eigenvalue weighted by molar-refractivity contribution is 7.91. The molecular formula is C13H27Cl2N3O4S. The molecule has 1 unspecified atom stereocenters. The van der Waals surface area contributed by atoms with Crippen LogP contribution in [0.5, 0.6) is 0 Å². The van der Waals surface area contributed by atoms with E-state index in [0.29, 0.717) is 26.1 Å². The summed E-state index contributed by atoms with van der Waals surface area (Å²) < 4.78 is 28.3. The maximum Gasteiger partial charge on any atom is 0.237 e. The van der Waals surface area contributed by atoms with Crippen molar-refractivity contribution in [1.29, 1.82) is 0 Å². The van der Waals surface area contributed by atoms with Crippen LogP contribution < -0.4 is 5.32 Å². The molecule has 7 nitrogen and oxygen atoms in total. The third-order valence-corrected chi connectivity index (χ3v) is 5.82. The molecule has 0 radical (unpaired) electrons. The van der Waals surface area contributed by atoms with Crippen molar-refractivity contribution in [2.24, 2.45) is 0 Å². The molecule has 0 aromatic heterocycles. The summed E-state index contributed by atoms with van der Waals surface area (Å²) >= 11 is 0. The highest BCUT2D eigenvalue weighted by atomic mass is 35.5. The second-order valence-corrected chi connectivity index (χ2v) is 7.89. The molecule has 2 saturated heterocycles. The lowest BCUT2D eigenvalue weighted by Gasteiger charge is -2.32. The molecule has 0 spiro atoms. The normalized spacial score (nSPS) is 23.6. The molecule has 10 heteroatoms. The number of carbonyl (C=O) groups is 1. The summed E-state index contributed by atoms with van der Waals surface area (Å²) in [5, 5.41) is 3.25. The quantitative estimate of drug-likeness (QED) is 0.650. The van der Waals surface area contributed by atoms with E-state index in [-0.39, 0.29) is 48.3 Å². The highest BCUT2D eigenvalue weighted by Crippen LogP contribution is 2.18. The first kappa shape index (κ1) is 22.9. The van der Waals surface area contributed by atoms with E-state index in [0.717, 1.165) is 26.2 Å². The Morgan fingerprint density at radius 3 is 2.48 bits per heavy atom. The number of hydrogen-bond acceptors (Lipinski definition) is 6. The lowest BCUT2D eigenvalue weighted by Crippen LogP contribution is -2.51. The van der Waals surface area contributed by atoms with Crippen LogP contribution in [-0.4, -0.2) is 94.7 Å². The smallest absolute Gasteiger partial charge is 0.237 e. The van der Waals surface area contributed by atoms with Crippen molar-refractivity contribution in [3.63, 3.8) is 0 Å². The van der Waals surface area contributed by atoms with Crippen LogP contribution in [0.25, 0.3) is 0 Å². The Hall–Kier alpha value is -0.120. The lowest BCUT2D eigenvalue weighted by atomic mass is 10.2. The van der Waals surface area contributed by atoms with Crippen LogP contribution in [0, 0.1) is 0 Å². The minimum Gasteiger partial charge on any atom is -0.383 e. The van der Waals surface area contributed by atoms with Crippen LogP contribution in [0.2, 0.25) is 0 Å². The Bertz CT molecular complexity index is 458. The Morgan fingerprint density at radius 2 is 1.96 bits per heavy atom. The van der Waals surface area contributed by atoms with Crippen molar-refractivity contribution in [2.75, 3.05) is 64.5 Å². The zero-order chi connectivity index (χ0) is 15.3. The Morgan fingerprint density at radius 1 is 1.30 bits per heavy atom. The van der Waals surface area contributed by atoms with Gasteiger partial charge in [0.25, 0.3) is 0 Å². The number of nitrogens with one attached hydrogen (secondary N) is 1. The number of halogens is 2. The van der Waals surface area contributed by atoms with E-state index in [9.17, 15) is 13.2 Å². The number of hydrogen-bond donors (Lipinski definition) is 1. The molecule has 2 fully saturated rings. The predicted octanol–water partition coefficient (Wildman–Crippen LogP) is -0.603. The predicted molar refractivity (Wildman–Crippen MR) is 94.5 cm³/mol. The van der Waals surface area contributed by atoms with Gasteiger partial charge in [-0.1, -0.05) is 0 Å². The van der Waals surface area contributed by atoms with Crippen molar-refractivity contribution in [1.82, 2.24) is 15.1 Å². The Balaban J connectivity index is 0.00000242. The second kappa shape index (κ2) is 10.7. The molecule has 0 aromatic carbocycles. The molecule has 2 aliphatic heterocycles. The monoisotopic (exact) mass is 391 g/mol. The highest BCUT2D eigenvalue weighted by Gasteiger charge is 2.34. The molecule has 2 rings (SSSR count). The fourth-order valence-electron chi connectivity index (χ4n) is 2.87. The standard InChI is InChI=1S/C13H25N3O4S.2ClH/c1-20-8-7-16(12-2-9-21(18,19)11-12)13(17)10-15-5-3-14-4-6-15;;/h12,14H,2-11H2,1H3;2*1H. The molecule has 0 saturated carbocycles. The number of rotatable bonds is 6. The summed E-state index contributed by atoms with van der Waals surface area (Å²) in [4.78, 5) is 16.3. The lowest BCUT2D eigenvalue weighted by molar-refractivity contribution is -0.135. The number of piperazine rings is 1. The fourth-order valence-corrected chi connectivity index (χ4v) is 4.60. The molecule has 1 N–H and O–H groups in total. The minimum absolute atomic E-state index is 0. The zero-order valence-corrected chi connectivity index (χ0v) is 15.9. The maximum absolute atomic E-state index is 12.5. The van der Waals surface area contributed by atoms with Crippen molar-refractivity contribution >= 4 is 40.6 Å². The number of carbonyl (C=O) groups excluding carboxylic acids is 1. The molecule has 0 aliphatic carbocycles. The van der Waals surface area contributed by atoms with E-state index in [1.807, 2.05) is 0 Å². The molecule has 23 heavy (non-hydrogen) atoms. The summed E-state index contributed by atoms with van der Waals surface area (Å²) in [5.74, 6) is 0.280. The van der Waals surface area contributed by atoms with E-state index in [1.54, 1.807) is 12.0 Å². The van der Waals surface area contributed by atoms with Gasteiger partial charge < -0.3 is 15.0 Å². The first-order chi connectivity index (χ1) is 10.0. The van der Waals surface area contributed by atoms with Crippen LogP contribution in [-0.2, 0) is 19.4 Å². The first-order valence-electron chi connectivity index (χ1n) is 7.44. The molecule has 0 aromatic rings. The summed E-state index contributed by atoms with van der Waals surface area (Å²) in [6.45, 7) is 4.75. The first-order valence-corrected chi connectivity index (χ1v) is 9.26. The van der Waals surface area contributed by atoms with Crippen molar-refractivity contribution < 1.29 is 17.9 Å². The SMILES string of the molecule is COCCN(C(=O)CN1CCNCC1)C1CCS(=O)(=O)C1.Cl.Cl. The summed E-state index contributed by atoms with van der Waals surface area (Å²) in [7, 11) is -1.40. The Labute approximate surface area is 150 Å². The molecule has 2 heterocycles. The van der Waals surface area contributed by atoms with Gasteiger partial charge in [0.2, 0.25) is 5.91 Å². The van der Waals surface area contributed by atoms with Crippen LogP contribution in [0.1, 0.15) is 6.42 Å². The van der Waals surface area contributed by atoms with E-state index in [1.165, 1.54) is 0 Å². The molecule has 1 amide bonds. The van der Waals surface area contributed by atoms with Crippen LogP contribution in [0.15, 0.2) is 0 Å². The van der Waals surface area contributed by atoms with Crippen molar-refractivity contribution in [3.05, 3.63) is 0 Å². The number of methoxy groups -OCH3 is 1. The molecule has 0 bridgehead atoms. The third kappa shape index (κ3) is 7.11. The van der Waals surface area contributed by atoms with Gasteiger partial charge in [-0.2, -0.15) is 0 Å². The summed E-state index contributed by atoms with van der Waals surface area (Å²) in [6.07, 6.45) is 0.541. The van der Waals surface area contributed by atoms with Gasteiger partial charge >= 0.3 is 0 Å². The largest absolute Gasteiger partial charge is 0.383 e. The van der Waals surface area contributed by atoms with Gasteiger partial charge in [0.1, 0.15) is 0 Å². The number of ether oxygens (including phenoxy) is 1. The number of nitrogens with zero attached hydrogens (tertiary/aromatic N) is 2. The van der Waals surface area contributed by atoms with Crippen molar-refractivity contribution in [2.45, 2.75) is 12.5 Å².